The number of hydrogen-bond acceptors (Lipinski definition) is 4. The Kier molecular flexibility index (Phi) is 6.34. The zero-order chi connectivity index (χ0) is 22.1. The Labute approximate surface area is 194 Å². The van der Waals surface area contributed by atoms with Gasteiger partial charge in [-0.25, -0.2) is 4.98 Å². The number of aryl methyl sites for hydroxylation is 2. The maximum atomic E-state index is 13.2. The molecule has 0 saturated heterocycles. The number of imidazole rings is 1. The summed E-state index contributed by atoms with van der Waals surface area (Å²) >= 11 is 13.7. The van der Waals surface area contributed by atoms with E-state index in [1.54, 1.807) is 24.7 Å². The molecule has 0 saturated carbocycles. The average Bonchev–Trinajstić information content (AvgIpc) is 3.34. The zero-order valence-corrected chi connectivity index (χ0v) is 19.4. The van der Waals surface area contributed by atoms with E-state index in [0.717, 1.165) is 27.4 Å². The number of aliphatic hydroxyl groups excluding tert-OH is 1. The van der Waals surface area contributed by atoms with Gasteiger partial charge in [0.25, 0.3) is 5.56 Å². The van der Waals surface area contributed by atoms with E-state index in [1.165, 1.54) is 15.9 Å². The molecule has 0 aliphatic rings. The fourth-order valence-corrected chi connectivity index (χ4v) is 5.08. The van der Waals surface area contributed by atoms with Gasteiger partial charge in [0.05, 0.1) is 34.0 Å². The van der Waals surface area contributed by atoms with Gasteiger partial charge in [-0.1, -0.05) is 35.3 Å². The van der Waals surface area contributed by atoms with Gasteiger partial charge < -0.3 is 14.2 Å². The zero-order valence-electron chi connectivity index (χ0n) is 17.0. The van der Waals surface area contributed by atoms with Crippen molar-refractivity contribution in [3.05, 3.63) is 102 Å². The van der Waals surface area contributed by atoms with Crippen molar-refractivity contribution in [1.29, 1.82) is 0 Å². The molecule has 8 heteroatoms. The summed E-state index contributed by atoms with van der Waals surface area (Å²) in [7, 11) is 0. The predicted molar refractivity (Wildman–Crippen MR) is 126 cm³/mol. The molecule has 160 valence electrons. The number of thiophene rings is 1. The molecule has 0 bridgehead atoms. The van der Waals surface area contributed by atoms with Crippen LogP contribution in [0.1, 0.15) is 33.3 Å². The predicted octanol–water partition coefficient (Wildman–Crippen LogP) is 5.19. The molecule has 0 amide bonds. The summed E-state index contributed by atoms with van der Waals surface area (Å²) in [4.78, 5) is 18.3. The van der Waals surface area contributed by atoms with E-state index in [9.17, 15) is 9.90 Å². The minimum Gasteiger partial charge on any atom is -0.394 e. The second-order valence-corrected chi connectivity index (χ2v) is 9.64. The molecule has 4 rings (SSSR count). The largest absolute Gasteiger partial charge is 0.394 e. The van der Waals surface area contributed by atoms with Crippen LogP contribution in [0.25, 0.3) is 5.69 Å². The van der Waals surface area contributed by atoms with E-state index in [2.05, 4.69) is 11.1 Å². The number of rotatable bonds is 6. The van der Waals surface area contributed by atoms with Crippen LogP contribution >= 0.6 is 34.5 Å². The lowest BCUT2D eigenvalue weighted by molar-refractivity contribution is 0.248. The number of aromatic nitrogens is 3. The van der Waals surface area contributed by atoms with Crippen molar-refractivity contribution < 1.29 is 5.11 Å². The summed E-state index contributed by atoms with van der Waals surface area (Å²) in [6.07, 6.45) is 5.77. The van der Waals surface area contributed by atoms with Gasteiger partial charge >= 0.3 is 0 Å². The quantitative estimate of drug-likeness (QED) is 0.418. The summed E-state index contributed by atoms with van der Waals surface area (Å²) in [6, 6.07) is 10.8. The Morgan fingerprint density at radius 1 is 1.13 bits per heavy atom. The highest BCUT2D eigenvalue weighted by Crippen LogP contribution is 2.29. The van der Waals surface area contributed by atoms with Crippen LogP contribution in [-0.4, -0.2) is 25.8 Å². The molecule has 31 heavy (non-hydrogen) atoms. The van der Waals surface area contributed by atoms with Crippen LogP contribution in [0.3, 0.4) is 0 Å². The van der Waals surface area contributed by atoms with E-state index in [4.69, 9.17) is 23.2 Å². The number of pyridine rings is 1. The summed E-state index contributed by atoms with van der Waals surface area (Å²) in [6.45, 7) is 3.76. The van der Waals surface area contributed by atoms with Crippen LogP contribution in [-0.2, 0) is 6.42 Å². The fraction of sp³-hybridized carbons (Fsp3) is 0.217. The van der Waals surface area contributed by atoms with Crippen LogP contribution in [0, 0.1) is 13.8 Å². The molecular weight excluding hydrogens is 453 g/mol. The Balaban J connectivity index is 1.68. The number of hydrogen-bond donors (Lipinski definition) is 1. The lowest BCUT2D eigenvalue weighted by Gasteiger charge is -2.18. The first-order valence-corrected chi connectivity index (χ1v) is 11.3. The van der Waals surface area contributed by atoms with Gasteiger partial charge in [0.1, 0.15) is 0 Å². The Hall–Kier alpha value is -2.38. The minimum atomic E-state index is -0.531. The summed E-state index contributed by atoms with van der Waals surface area (Å²) in [5.41, 5.74) is 4.47. The van der Waals surface area contributed by atoms with Gasteiger partial charge in [-0.15, -0.1) is 11.3 Å². The summed E-state index contributed by atoms with van der Waals surface area (Å²) < 4.78 is 4.08. The minimum absolute atomic E-state index is 0.181. The number of aliphatic hydroxyl groups is 1. The monoisotopic (exact) mass is 473 g/mol. The maximum absolute atomic E-state index is 13.2. The van der Waals surface area contributed by atoms with Crippen LogP contribution in [0.2, 0.25) is 9.36 Å². The van der Waals surface area contributed by atoms with Crippen molar-refractivity contribution in [2.45, 2.75) is 26.3 Å². The molecule has 3 heterocycles. The van der Waals surface area contributed by atoms with Gasteiger partial charge in [0, 0.05) is 34.9 Å². The summed E-state index contributed by atoms with van der Waals surface area (Å²) in [5.74, 6) is 0. The van der Waals surface area contributed by atoms with E-state index in [1.807, 2.05) is 42.8 Å². The van der Waals surface area contributed by atoms with Crippen molar-refractivity contribution in [2.75, 3.05) is 6.61 Å². The molecule has 0 aliphatic heterocycles. The first-order valence-electron chi connectivity index (χ1n) is 9.73. The lowest BCUT2D eigenvalue weighted by atomic mass is 10.0. The highest BCUT2D eigenvalue weighted by Gasteiger charge is 2.19. The molecule has 0 fully saturated rings. The van der Waals surface area contributed by atoms with Crippen molar-refractivity contribution in [1.82, 2.24) is 14.1 Å². The fourth-order valence-electron chi connectivity index (χ4n) is 3.69. The normalized spacial score (nSPS) is 12.3. The maximum Gasteiger partial charge on any atom is 0.254 e. The topological polar surface area (TPSA) is 60.0 Å². The molecule has 0 aliphatic carbocycles. The van der Waals surface area contributed by atoms with E-state index >= 15 is 0 Å². The van der Waals surface area contributed by atoms with E-state index in [-0.39, 0.29) is 12.2 Å². The number of halogens is 2. The molecule has 5 nitrogen and oxygen atoms in total. The highest BCUT2D eigenvalue weighted by atomic mass is 35.5. The molecule has 4 aromatic rings. The van der Waals surface area contributed by atoms with Crippen LogP contribution in [0.15, 0.2) is 59.9 Å². The molecule has 0 radical (unpaired) electrons. The Bertz CT molecular complexity index is 1290. The molecular formula is C23H21Cl2N3O2S. The van der Waals surface area contributed by atoms with Crippen LogP contribution in [0.5, 0.6) is 0 Å². The van der Waals surface area contributed by atoms with Gasteiger partial charge in [-0.2, -0.15) is 0 Å². The lowest BCUT2D eigenvalue weighted by Crippen LogP contribution is -2.29. The molecule has 1 aromatic carbocycles. The van der Waals surface area contributed by atoms with Gasteiger partial charge in [0.2, 0.25) is 0 Å². The molecule has 1 atom stereocenters. The van der Waals surface area contributed by atoms with Gasteiger partial charge in [-0.3, -0.25) is 4.79 Å². The molecule has 0 spiro atoms. The second kappa shape index (κ2) is 9.01. The number of benzene rings is 1. The van der Waals surface area contributed by atoms with E-state index in [0.29, 0.717) is 21.3 Å². The van der Waals surface area contributed by atoms with Crippen LogP contribution < -0.4 is 5.56 Å². The smallest absolute Gasteiger partial charge is 0.254 e. The summed E-state index contributed by atoms with van der Waals surface area (Å²) in [5, 5.41) is 10.4. The van der Waals surface area contributed by atoms with Gasteiger partial charge in [-0.05, 0) is 49.2 Å². The van der Waals surface area contributed by atoms with Crippen molar-refractivity contribution in [3.63, 3.8) is 0 Å². The number of nitrogens with zero attached hydrogens (tertiary/aromatic N) is 3. The van der Waals surface area contributed by atoms with E-state index < -0.39 is 6.04 Å². The average molecular weight is 474 g/mol. The SMILES string of the molecule is Cc1cn(-c2ccc(Cc3cc(Cl)cn([C@@H](CO)c4ccc(Cl)s4)c3=O)cc2C)cn1. The highest BCUT2D eigenvalue weighted by molar-refractivity contribution is 7.16. The third-order valence-corrected chi connectivity index (χ3v) is 6.70. The second-order valence-electron chi connectivity index (χ2n) is 7.46. The third kappa shape index (κ3) is 4.62. The van der Waals surface area contributed by atoms with Crippen molar-refractivity contribution in [2.24, 2.45) is 0 Å². The van der Waals surface area contributed by atoms with Crippen molar-refractivity contribution in [3.8, 4) is 5.69 Å². The standard InChI is InChI=1S/C23H21Cl2N3O2S/c1-14-7-16(3-4-19(14)27-10-15(2)26-13-27)8-17-9-18(24)11-28(23(17)30)20(12-29)21-5-6-22(25)31-21/h3-7,9-11,13,20,29H,8,12H2,1-2H3/t20-/m0/s1. The third-order valence-electron chi connectivity index (χ3n) is 5.16. The molecule has 1 N–H and O–H groups in total. The van der Waals surface area contributed by atoms with Crippen molar-refractivity contribution >= 4 is 34.5 Å². The first kappa shape index (κ1) is 21.8. The van der Waals surface area contributed by atoms with Crippen LogP contribution in [0.4, 0.5) is 0 Å². The molecule has 3 aromatic heterocycles. The molecule has 0 unspecified atom stereocenters. The van der Waals surface area contributed by atoms with Gasteiger partial charge in [0.15, 0.2) is 0 Å². The first-order chi connectivity index (χ1) is 14.9. The Morgan fingerprint density at radius 3 is 2.55 bits per heavy atom. The Morgan fingerprint density at radius 2 is 1.94 bits per heavy atom.